The van der Waals surface area contributed by atoms with E-state index in [1.54, 1.807) is 0 Å². The molecule has 1 amide bonds. The SMILES string of the molecule is O=C(c1ccc(-n2cccc2)cc1)N1CCN(c2ccc(Cl)cc2)CC1. The van der Waals surface area contributed by atoms with Gasteiger partial charge in [-0.05, 0) is 60.7 Å². The van der Waals surface area contributed by atoms with Crippen molar-refractivity contribution in [1.29, 1.82) is 0 Å². The Morgan fingerprint density at radius 3 is 1.96 bits per heavy atom. The van der Waals surface area contributed by atoms with E-state index in [1.165, 1.54) is 0 Å². The maximum absolute atomic E-state index is 12.8. The Labute approximate surface area is 158 Å². The second-order valence-corrected chi connectivity index (χ2v) is 6.83. The molecule has 1 fully saturated rings. The van der Waals surface area contributed by atoms with Crippen LogP contribution in [0.5, 0.6) is 0 Å². The lowest BCUT2D eigenvalue weighted by molar-refractivity contribution is 0.0747. The van der Waals surface area contributed by atoms with E-state index >= 15 is 0 Å². The van der Waals surface area contributed by atoms with E-state index in [2.05, 4.69) is 4.90 Å². The zero-order valence-corrected chi connectivity index (χ0v) is 15.1. The van der Waals surface area contributed by atoms with E-state index < -0.39 is 0 Å². The van der Waals surface area contributed by atoms with Crippen LogP contribution in [0, 0.1) is 0 Å². The molecule has 2 heterocycles. The Hall–Kier alpha value is -2.72. The topological polar surface area (TPSA) is 28.5 Å². The molecule has 0 saturated carbocycles. The molecule has 0 atom stereocenters. The smallest absolute Gasteiger partial charge is 0.253 e. The molecule has 2 aromatic carbocycles. The normalized spacial score (nSPS) is 14.5. The summed E-state index contributed by atoms with van der Waals surface area (Å²) in [6, 6.07) is 19.6. The third kappa shape index (κ3) is 3.46. The average Bonchev–Trinajstić information content (AvgIpc) is 3.23. The lowest BCUT2D eigenvalue weighted by Gasteiger charge is -2.36. The molecule has 1 aromatic heterocycles. The summed E-state index contributed by atoms with van der Waals surface area (Å²) in [5.74, 6) is 0.0970. The zero-order valence-electron chi connectivity index (χ0n) is 14.4. The van der Waals surface area contributed by atoms with E-state index in [-0.39, 0.29) is 5.91 Å². The molecule has 5 heteroatoms. The standard InChI is InChI=1S/C21H20ClN3O/c22-18-5-9-20(10-6-18)24-13-15-25(16-14-24)21(26)17-3-7-19(8-4-17)23-11-1-2-12-23/h1-12H,13-16H2. The number of hydrogen-bond donors (Lipinski definition) is 0. The molecule has 0 spiro atoms. The monoisotopic (exact) mass is 365 g/mol. The molecule has 0 N–H and O–H groups in total. The summed E-state index contributed by atoms with van der Waals surface area (Å²) in [5.41, 5.74) is 2.94. The van der Waals surface area contributed by atoms with Crippen LogP contribution < -0.4 is 4.90 Å². The van der Waals surface area contributed by atoms with Crippen molar-refractivity contribution in [2.24, 2.45) is 0 Å². The van der Waals surface area contributed by atoms with Gasteiger partial charge >= 0.3 is 0 Å². The molecule has 4 rings (SSSR count). The predicted molar refractivity (Wildman–Crippen MR) is 105 cm³/mol. The van der Waals surface area contributed by atoms with Crippen LogP contribution in [0.15, 0.2) is 73.1 Å². The fourth-order valence-corrected chi connectivity index (χ4v) is 3.41. The van der Waals surface area contributed by atoms with Gasteiger partial charge in [0.15, 0.2) is 0 Å². The Bertz CT molecular complexity index is 865. The number of rotatable bonds is 3. The number of hydrogen-bond acceptors (Lipinski definition) is 2. The lowest BCUT2D eigenvalue weighted by Crippen LogP contribution is -2.48. The second-order valence-electron chi connectivity index (χ2n) is 6.39. The second kappa shape index (κ2) is 7.26. The largest absolute Gasteiger partial charge is 0.368 e. The number of aromatic nitrogens is 1. The molecule has 1 aliphatic heterocycles. The first kappa shape index (κ1) is 16.7. The van der Waals surface area contributed by atoms with E-state index in [4.69, 9.17) is 11.6 Å². The summed E-state index contributed by atoms with van der Waals surface area (Å²) >= 11 is 5.95. The van der Waals surface area contributed by atoms with Crippen molar-refractivity contribution >= 4 is 23.2 Å². The molecule has 4 nitrogen and oxygen atoms in total. The van der Waals surface area contributed by atoms with Gasteiger partial charge < -0.3 is 14.4 Å². The van der Waals surface area contributed by atoms with Gasteiger partial charge in [-0.1, -0.05) is 11.6 Å². The van der Waals surface area contributed by atoms with Gasteiger partial charge in [-0.2, -0.15) is 0 Å². The third-order valence-corrected chi connectivity index (χ3v) is 5.03. The first-order valence-electron chi connectivity index (χ1n) is 8.74. The first-order chi connectivity index (χ1) is 12.7. The first-order valence-corrected chi connectivity index (χ1v) is 9.12. The maximum Gasteiger partial charge on any atom is 0.253 e. The van der Waals surface area contributed by atoms with E-state index in [0.29, 0.717) is 0 Å². The number of piperazine rings is 1. The van der Waals surface area contributed by atoms with Crippen molar-refractivity contribution in [2.45, 2.75) is 0 Å². The summed E-state index contributed by atoms with van der Waals surface area (Å²) in [4.78, 5) is 17.0. The molecular formula is C21H20ClN3O. The number of anilines is 1. The summed E-state index contributed by atoms with van der Waals surface area (Å²) in [6.45, 7) is 3.10. The Balaban J connectivity index is 1.39. The molecular weight excluding hydrogens is 346 g/mol. The van der Waals surface area contributed by atoms with Crippen LogP contribution in [0.4, 0.5) is 5.69 Å². The van der Waals surface area contributed by atoms with Crippen LogP contribution in [-0.2, 0) is 0 Å². The highest BCUT2D eigenvalue weighted by Gasteiger charge is 2.22. The van der Waals surface area contributed by atoms with Crippen LogP contribution in [0.25, 0.3) is 5.69 Å². The predicted octanol–water partition coefficient (Wildman–Crippen LogP) is 4.09. The zero-order chi connectivity index (χ0) is 17.9. The minimum absolute atomic E-state index is 0.0970. The fraction of sp³-hybridized carbons (Fsp3) is 0.190. The van der Waals surface area contributed by atoms with Gasteiger partial charge in [0, 0.05) is 60.5 Å². The van der Waals surface area contributed by atoms with E-state index in [1.807, 2.05) is 82.5 Å². The van der Waals surface area contributed by atoms with Crippen LogP contribution in [0.1, 0.15) is 10.4 Å². The molecule has 26 heavy (non-hydrogen) atoms. The van der Waals surface area contributed by atoms with Crippen LogP contribution in [-0.4, -0.2) is 41.6 Å². The summed E-state index contributed by atoms with van der Waals surface area (Å²) in [7, 11) is 0. The lowest BCUT2D eigenvalue weighted by atomic mass is 10.1. The molecule has 132 valence electrons. The highest BCUT2D eigenvalue weighted by molar-refractivity contribution is 6.30. The maximum atomic E-state index is 12.8. The number of benzene rings is 2. The van der Waals surface area contributed by atoms with Crippen molar-refractivity contribution in [2.75, 3.05) is 31.1 Å². The van der Waals surface area contributed by atoms with Gasteiger partial charge in [0.1, 0.15) is 0 Å². The number of carbonyl (C=O) groups excluding carboxylic acids is 1. The van der Waals surface area contributed by atoms with Gasteiger partial charge in [-0.25, -0.2) is 0 Å². The van der Waals surface area contributed by atoms with Gasteiger partial charge in [0.05, 0.1) is 0 Å². The van der Waals surface area contributed by atoms with Crippen LogP contribution in [0.2, 0.25) is 5.02 Å². The van der Waals surface area contributed by atoms with Crippen molar-refractivity contribution < 1.29 is 4.79 Å². The molecule has 0 unspecified atom stereocenters. The molecule has 3 aromatic rings. The highest BCUT2D eigenvalue weighted by atomic mass is 35.5. The minimum Gasteiger partial charge on any atom is -0.368 e. The number of halogens is 1. The highest BCUT2D eigenvalue weighted by Crippen LogP contribution is 2.20. The van der Waals surface area contributed by atoms with Crippen molar-refractivity contribution in [1.82, 2.24) is 9.47 Å². The van der Waals surface area contributed by atoms with E-state index in [9.17, 15) is 4.79 Å². The van der Waals surface area contributed by atoms with Gasteiger partial charge in [0.25, 0.3) is 5.91 Å². The Morgan fingerprint density at radius 1 is 0.769 bits per heavy atom. The Kier molecular flexibility index (Phi) is 4.67. The summed E-state index contributed by atoms with van der Waals surface area (Å²) < 4.78 is 2.03. The Morgan fingerprint density at radius 2 is 1.35 bits per heavy atom. The van der Waals surface area contributed by atoms with E-state index in [0.717, 1.165) is 48.1 Å². The average molecular weight is 366 g/mol. The van der Waals surface area contributed by atoms with Crippen molar-refractivity contribution in [3.8, 4) is 5.69 Å². The van der Waals surface area contributed by atoms with Crippen LogP contribution in [0.3, 0.4) is 0 Å². The van der Waals surface area contributed by atoms with Gasteiger partial charge in [0.2, 0.25) is 0 Å². The molecule has 0 bridgehead atoms. The molecule has 0 aliphatic carbocycles. The third-order valence-electron chi connectivity index (χ3n) is 4.78. The minimum atomic E-state index is 0.0970. The number of nitrogens with zero attached hydrogens (tertiary/aromatic N) is 3. The number of carbonyl (C=O) groups is 1. The quantitative estimate of drug-likeness (QED) is 0.699. The molecule has 1 saturated heterocycles. The van der Waals surface area contributed by atoms with Gasteiger partial charge in [-0.15, -0.1) is 0 Å². The molecule has 0 radical (unpaired) electrons. The summed E-state index contributed by atoms with van der Waals surface area (Å²) in [5, 5.41) is 0.742. The van der Waals surface area contributed by atoms with Crippen LogP contribution >= 0.6 is 11.6 Å². The summed E-state index contributed by atoms with van der Waals surface area (Å²) in [6.07, 6.45) is 3.99. The van der Waals surface area contributed by atoms with Crippen molar-refractivity contribution in [3.63, 3.8) is 0 Å². The van der Waals surface area contributed by atoms with Crippen molar-refractivity contribution in [3.05, 3.63) is 83.6 Å². The fourth-order valence-electron chi connectivity index (χ4n) is 3.29. The molecule has 1 aliphatic rings. The number of amides is 1. The van der Waals surface area contributed by atoms with Gasteiger partial charge in [-0.3, -0.25) is 4.79 Å².